The predicted molar refractivity (Wildman–Crippen MR) is 96.4 cm³/mol. The van der Waals surface area contributed by atoms with Gasteiger partial charge in [-0.2, -0.15) is 0 Å². The summed E-state index contributed by atoms with van der Waals surface area (Å²) in [4.78, 5) is 11.8. The lowest BCUT2D eigenvalue weighted by Gasteiger charge is -2.57. The van der Waals surface area contributed by atoms with Crippen LogP contribution in [0, 0.1) is 41.4 Å². The molecule has 4 rings (SSSR count). The molecule has 0 saturated heterocycles. The van der Waals surface area contributed by atoms with E-state index in [4.69, 9.17) is 6.42 Å². The number of ketones is 1. The average Bonchev–Trinajstić information content (AvgIpc) is 2.89. The number of allylic oxidation sites excluding steroid dienone is 1. The SMILES string of the molecule is C#C[C@]1(O)CC[C@H]2[C@@H]3C[C@H](O)C4=CC(=O)CC[C@@H]4[C@H]3C(=C)C[C@@]21CC. The van der Waals surface area contributed by atoms with Crippen molar-refractivity contribution in [2.75, 3.05) is 0 Å². The molecule has 4 aliphatic carbocycles. The van der Waals surface area contributed by atoms with Crippen molar-refractivity contribution in [3.8, 4) is 12.3 Å². The minimum absolute atomic E-state index is 0.135. The molecule has 0 spiro atoms. The van der Waals surface area contributed by atoms with Gasteiger partial charge in [-0.3, -0.25) is 4.79 Å². The molecule has 0 aromatic carbocycles. The summed E-state index contributed by atoms with van der Waals surface area (Å²) >= 11 is 0. The number of aliphatic hydroxyl groups is 2. The van der Waals surface area contributed by atoms with Crippen molar-refractivity contribution in [2.24, 2.45) is 29.1 Å². The van der Waals surface area contributed by atoms with Gasteiger partial charge in [0.25, 0.3) is 0 Å². The summed E-state index contributed by atoms with van der Waals surface area (Å²) in [6.45, 7) is 6.54. The van der Waals surface area contributed by atoms with E-state index >= 15 is 0 Å². The Morgan fingerprint density at radius 3 is 2.88 bits per heavy atom. The van der Waals surface area contributed by atoms with E-state index in [-0.39, 0.29) is 17.1 Å². The lowest BCUT2D eigenvalue weighted by Crippen LogP contribution is -2.55. The Morgan fingerprint density at radius 2 is 2.20 bits per heavy atom. The van der Waals surface area contributed by atoms with Crippen LogP contribution in [-0.4, -0.2) is 27.7 Å². The fourth-order valence-electron chi connectivity index (χ4n) is 6.92. The molecule has 0 aliphatic heterocycles. The molecule has 0 unspecified atom stereocenters. The van der Waals surface area contributed by atoms with Crippen LogP contribution in [-0.2, 0) is 4.79 Å². The van der Waals surface area contributed by atoms with Crippen LogP contribution in [0.5, 0.6) is 0 Å². The highest BCUT2D eigenvalue weighted by molar-refractivity contribution is 5.91. The summed E-state index contributed by atoms with van der Waals surface area (Å²) < 4.78 is 0. The number of carbonyl (C=O) groups excluding carboxylic acids is 1. The Kier molecular flexibility index (Phi) is 3.80. The molecule has 3 saturated carbocycles. The Morgan fingerprint density at radius 1 is 1.44 bits per heavy atom. The van der Waals surface area contributed by atoms with E-state index in [1.54, 1.807) is 6.08 Å². The highest BCUT2D eigenvalue weighted by Crippen LogP contribution is 2.67. The van der Waals surface area contributed by atoms with Gasteiger partial charge in [-0.05, 0) is 73.8 Å². The van der Waals surface area contributed by atoms with Crippen molar-refractivity contribution in [1.29, 1.82) is 0 Å². The monoisotopic (exact) mass is 340 g/mol. The Bertz CT molecular complexity index is 699. The van der Waals surface area contributed by atoms with Gasteiger partial charge >= 0.3 is 0 Å². The fourth-order valence-corrected chi connectivity index (χ4v) is 6.92. The third kappa shape index (κ3) is 2.11. The minimum Gasteiger partial charge on any atom is -0.389 e. The van der Waals surface area contributed by atoms with E-state index in [0.717, 1.165) is 36.8 Å². The summed E-state index contributed by atoms with van der Waals surface area (Å²) in [5.41, 5.74) is 0.707. The quantitative estimate of drug-likeness (QED) is 0.570. The summed E-state index contributed by atoms with van der Waals surface area (Å²) in [5.74, 6) is 4.02. The van der Waals surface area contributed by atoms with Crippen LogP contribution in [0.4, 0.5) is 0 Å². The largest absolute Gasteiger partial charge is 0.389 e. The number of hydrogen-bond acceptors (Lipinski definition) is 3. The summed E-state index contributed by atoms with van der Waals surface area (Å²) in [6, 6.07) is 0. The van der Waals surface area contributed by atoms with Crippen LogP contribution < -0.4 is 0 Å². The van der Waals surface area contributed by atoms with E-state index < -0.39 is 11.7 Å². The molecule has 3 fully saturated rings. The molecule has 0 heterocycles. The second kappa shape index (κ2) is 5.56. The van der Waals surface area contributed by atoms with Gasteiger partial charge in [0, 0.05) is 11.8 Å². The molecule has 7 atom stereocenters. The Balaban J connectivity index is 1.77. The van der Waals surface area contributed by atoms with Crippen molar-refractivity contribution >= 4 is 5.78 Å². The number of carbonyl (C=O) groups is 1. The molecule has 3 nitrogen and oxygen atoms in total. The normalized spacial score (nSPS) is 48.9. The minimum atomic E-state index is -1.07. The molecule has 0 radical (unpaired) electrons. The third-order valence-electron chi connectivity index (χ3n) is 7.98. The van der Waals surface area contributed by atoms with E-state index in [0.29, 0.717) is 37.0 Å². The number of fused-ring (bicyclic) bond motifs is 5. The predicted octanol–water partition coefficient (Wildman–Crippen LogP) is 3.02. The highest BCUT2D eigenvalue weighted by Gasteiger charge is 2.64. The summed E-state index contributed by atoms with van der Waals surface area (Å²) in [7, 11) is 0. The molecule has 2 N–H and O–H groups in total. The molecule has 3 heteroatoms. The van der Waals surface area contributed by atoms with E-state index in [1.807, 2.05) is 0 Å². The highest BCUT2D eigenvalue weighted by atomic mass is 16.3. The van der Waals surface area contributed by atoms with Crippen molar-refractivity contribution < 1.29 is 15.0 Å². The van der Waals surface area contributed by atoms with Crippen LogP contribution >= 0.6 is 0 Å². The fraction of sp³-hybridized carbons (Fsp3) is 0.682. The van der Waals surface area contributed by atoms with Crippen LogP contribution in [0.3, 0.4) is 0 Å². The maximum absolute atomic E-state index is 11.8. The van der Waals surface area contributed by atoms with Crippen LogP contribution in [0.25, 0.3) is 0 Å². The molecular formula is C22H28O3. The molecule has 0 aromatic heterocycles. The average molecular weight is 340 g/mol. The topological polar surface area (TPSA) is 57.5 Å². The zero-order chi connectivity index (χ0) is 18.0. The molecule has 0 bridgehead atoms. The number of hydrogen-bond donors (Lipinski definition) is 2. The molecule has 134 valence electrons. The lowest BCUT2D eigenvalue weighted by molar-refractivity contribution is -0.117. The van der Waals surface area contributed by atoms with Gasteiger partial charge in [-0.25, -0.2) is 0 Å². The second-order valence-corrected chi connectivity index (χ2v) is 8.69. The van der Waals surface area contributed by atoms with Crippen LogP contribution in [0.1, 0.15) is 51.9 Å². The molecule has 4 aliphatic rings. The van der Waals surface area contributed by atoms with Gasteiger partial charge in [0.2, 0.25) is 0 Å². The first-order chi connectivity index (χ1) is 11.9. The first-order valence-corrected chi connectivity index (χ1v) is 9.67. The third-order valence-corrected chi connectivity index (χ3v) is 7.98. The summed E-state index contributed by atoms with van der Waals surface area (Å²) in [6.07, 6.45) is 12.1. The van der Waals surface area contributed by atoms with Crippen LogP contribution in [0.2, 0.25) is 0 Å². The Labute approximate surface area is 150 Å². The zero-order valence-electron chi connectivity index (χ0n) is 15.0. The van der Waals surface area contributed by atoms with Gasteiger partial charge in [0.1, 0.15) is 5.60 Å². The van der Waals surface area contributed by atoms with Crippen molar-refractivity contribution in [3.63, 3.8) is 0 Å². The number of terminal acetylenes is 1. The van der Waals surface area contributed by atoms with Gasteiger partial charge in [0.05, 0.1) is 6.10 Å². The first kappa shape index (κ1) is 17.1. The molecule has 25 heavy (non-hydrogen) atoms. The van der Waals surface area contributed by atoms with E-state index in [9.17, 15) is 15.0 Å². The van der Waals surface area contributed by atoms with Gasteiger partial charge in [-0.1, -0.05) is 25.0 Å². The smallest absolute Gasteiger partial charge is 0.155 e. The molecule has 0 aromatic rings. The van der Waals surface area contributed by atoms with Gasteiger partial charge < -0.3 is 10.2 Å². The first-order valence-electron chi connectivity index (χ1n) is 9.67. The van der Waals surface area contributed by atoms with Crippen molar-refractivity contribution in [1.82, 2.24) is 0 Å². The summed E-state index contributed by atoms with van der Waals surface area (Å²) in [5, 5.41) is 21.9. The van der Waals surface area contributed by atoms with E-state index in [2.05, 4.69) is 19.4 Å². The van der Waals surface area contributed by atoms with Gasteiger partial charge in [0.15, 0.2) is 5.78 Å². The lowest BCUT2D eigenvalue weighted by atomic mass is 9.48. The molecular weight excluding hydrogens is 312 g/mol. The maximum Gasteiger partial charge on any atom is 0.155 e. The molecule has 0 amide bonds. The maximum atomic E-state index is 11.8. The van der Waals surface area contributed by atoms with Crippen molar-refractivity contribution in [3.05, 3.63) is 23.8 Å². The Hall–Kier alpha value is -1.37. The second-order valence-electron chi connectivity index (χ2n) is 8.69. The zero-order valence-corrected chi connectivity index (χ0v) is 15.0. The van der Waals surface area contributed by atoms with E-state index in [1.165, 1.54) is 0 Å². The van der Waals surface area contributed by atoms with Crippen LogP contribution in [0.15, 0.2) is 23.8 Å². The number of aliphatic hydroxyl groups excluding tert-OH is 1. The van der Waals surface area contributed by atoms with Crippen molar-refractivity contribution in [2.45, 2.75) is 63.6 Å². The van der Waals surface area contributed by atoms with Gasteiger partial charge in [-0.15, -0.1) is 6.42 Å². The standard InChI is InChI=1S/C22H28O3/c1-4-21-12-13(3)20-15-7-6-14(23)10-16(15)19(24)11-17(20)18(21)8-9-22(21,25)5-2/h2,10,15,17-20,24-25H,3-4,6-9,11-12H2,1H3/t15-,17-,18-,19-,20+,21-,22-/m0/s1. The number of rotatable bonds is 1.